The minimum absolute atomic E-state index is 0.504. The van der Waals surface area contributed by atoms with Crippen LogP contribution < -0.4 is 15.4 Å². The van der Waals surface area contributed by atoms with E-state index in [1.807, 2.05) is 29.8 Å². The van der Waals surface area contributed by atoms with Crippen molar-refractivity contribution >= 4 is 5.96 Å². The van der Waals surface area contributed by atoms with E-state index in [0.717, 1.165) is 43.4 Å². The van der Waals surface area contributed by atoms with Crippen LogP contribution >= 0.6 is 0 Å². The molecule has 136 valence electrons. The molecule has 0 unspecified atom stereocenters. The van der Waals surface area contributed by atoms with Crippen LogP contribution in [0, 0.1) is 13.8 Å². The average molecular weight is 344 g/mol. The Hall–Kier alpha value is -2.57. The molecule has 0 spiro atoms. The zero-order valence-electron chi connectivity index (χ0n) is 15.5. The van der Waals surface area contributed by atoms with Crippen LogP contribution in [0.4, 0.5) is 0 Å². The Morgan fingerprint density at radius 3 is 2.80 bits per heavy atom. The lowest BCUT2D eigenvalue weighted by Crippen LogP contribution is -2.38. The minimum atomic E-state index is 0.504. The van der Waals surface area contributed by atoms with Gasteiger partial charge in [-0.15, -0.1) is 0 Å². The number of aryl methyl sites for hydroxylation is 3. The minimum Gasteiger partial charge on any atom is -0.481 e. The van der Waals surface area contributed by atoms with Crippen molar-refractivity contribution < 1.29 is 4.74 Å². The molecule has 0 aliphatic carbocycles. The van der Waals surface area contributed by atoms with Gasteiger partial charge in [-0.05, 0) is 39.3 Å². The van der Waals surface area contributed by atoms with E-state index >= 15 is 0 Å². The molecular weight excluding hydrogens is 316 g/mol. The van der Waals surface area contributed by atoms with Crippen LogP contribution in [0.3, 0.4) is 0 Å². The molecule has 2 aromatic heterocycles. The van der Waals surface area contributed by atoms with Gasteiger partial charge in [0.2, 0.25) is 5.88 Å². The Morgan fingerprint density at radius 2 is 2.12 bits per heavy atom. The Kier molecular flexibility index (Phi) is 7.25. The summed E-state index contributed by atoms with van der Waals surface area (Å²) in [5.74, 6) is 1.40. The van der Waals surface area contributed by atoms with Crippen LogP contribution in [0.5, 0.6) is 5.88 Å². The second-order valence-corrected chi connectivity index (χ2v) is 5.80. The fraction of sp³-hybridized carbons (Fsp3) is 0.500. The molecular formula is C18H28N6O. The Bertz CT molecular complexity index is 695. The first-order chi connectivity index (χ1) is 12.1. The maximum Gasteiger partial charge on any atom is 0.213 e. The van der Waals surface area contributed by atoms with Gasteiger partial charge in [0.05, 0.1) is 25.0 Å². The van der Waals surface area contributed by atoms with Crippen molar-refractivity contribution in [2.45, 2.75) is 40.3 Å². The number of hydrogen-bond acceptors (Lipinski definition) is 4. The normalized spacial score (nSPS) is 11.4. The quantitative estimate of drug-likeness (QED) is 0.435. The number of methoxy groups -OCH3 is 1. The van der Waals surface area contributed by atoms with Crippen molar-refractivity contribution in [3.63, 3.8) is 0 Å². The highest BCUT2D eigenvalue weighted by molar-refractivity contribution is 5.79. The molecule has 2 heterocycles. The molecule has 0 saturated carbocycles. The van der Waals surface area contributed by atoms with Gasteiger partial charge in [0.15, 0.2) is 5.96 Å². The van der Waals surface area contributed by atoms with Crippen molar-refractivity contribution in [3.05, 3.63) is 41.3 Å². The van der Waals surface area contributed by atoms with Gasteiger partial charge in [0.1, 0.15) is 0 Å². The lowest BCUT2D eigenvalue weighted by molar-refractivity contribution is 0.396. The van der Waals surface area contributed by atoms with Crippen molar-refractivity contribution in [3.8, 4) is 5.88 Å². The Morgan fingerprint density at radius 1 is 1.28 bits per heavy atom. The topological polar surface area (TPSA) is 76.4 Å². The fourth-order valence-electron chi connectivity index (χ4n) is 2.50. The van der Waals surface area contributed by atoms with Crippen LogP contribution in [-0.4, -0.2) is 40.9 Å². The van der Waals surface area contributed by atoms with Crippen molar-refractivity contribution in [1.29, 1.82) is 0 Å². The first-order valence-corrected chi connectivity index (χ1v) is 8.65. The summed E-state index contributed by atoms with van der Waals surface area (Å²) in [5, 5.41) is 11.1. The average Bonchev–Trinajstić information content (AvgIpc) is 2.94. The summed E-state index contributed by atoms with van der Waals surface area (Å²) in [6, 6.07) is 7.79. The number of aromatic nitrogens is 3. The number of nitrogens with one attached hydrogen (secondary N) is 2. The monoisotopic (exact) mass is 344 g/mol. The Balaban J connectivity index is 1.83. The summed E-state index contributed by atoms with van der Waals surface area (Å²) < 4.78 is 7.19. The molecule has 0 fully saturated rings. The lowest BCUT2D eigenvalue weighted by atomic mass is 10.3. The second-order valence-electron chi connectivity index (χ2n) is 5.80. The number of nitrogens with zero attached hydrogens (tertiary/aromatic N) is 4. The van der Waals surface area contributed by atoms with E-state index in [1.165, 1.54) is 5.69 Å². The summed E-state index contributed by atoms with van der Waals surface area (Å²) in [6.45, 7) is 9.19. The SMILES string of the molecule is CCNC(=NCc1cccc(OC)n1)NCCCn1nc(C)cc1C. The predicted molar refractivity (Wildman–Crippen MR) is 99.9 cm³/mol. The lowest BCUT2D eigenvalue weighted by Gasteiger charge is -2.11. The van der Waals surface area contributed by atoms with Crippen LogP contribution in [0.1, 0.15) is 30.4 Å². The number of guanidine groups is 1. The van der Waals surface area contributed by atoms with Crippen molar-refractivity contribution in [2.75, 3.05) is 20.2 Å². The smallest absolute Gasteiger partial charge is 0.213 e. The summed E-state index contributed by atoms with van der Waals surface area (Å²) >= 11 is 0. The van der Waals surface area contributed by atoms with Gasteiger partial charge in [-0.2, -0.15) is 5.10 Å². The summed E-state index contributed by atoms with van der Waals surface area (Å²) in [5.41, 5.74) is 3.13. The van der Waals surface area contributed by atoms with Gasteiger partial charge in [-0.25, -0.2) is 9.98 Å². The van der Waals surface area contributed by atoms with Crippen LogP contribution in [-0.2, 0) is 13.1 Å². The summed E-state index contributed by atoms with van der Waals surface area (Å²) in [6.07, 6.45) is 0.976. The summed E-state index contributed by atoms with van der Waals surface area (Å²) in [7, 11) is 1.61. The largest absolute Gasteiger partial charge is 0.481 e. The molecule has 2 N–H and O–H groups in total. The molecule has 7 nitrogen and oxygen atoms in total. The zero-order chi connectivity index (χ0) is 18.1. The molecule has 0 aliphatic rings. The van der Waals surface area contributed by atoms with Gasteiger partial charge in [-0.1, -0.05) is 6.07 Å². The summed E-state index contributed by atoms with van der Waals surface area (Å²) in [4.78, 5) is 8.95. The first-order valence-electron chi connectivity index (χ1n) is 8.65. The number of pyridine rings is 1. The molecule has 2 rings (SSSR count). The van der Waals surface area contributed by atoms with Gasteiger partial charge >= 0.3 is 0 Å². The van der Waals surface area contributed by atoms with Crippen molar-refractivity contribution in [2.24, 2.45) is 4.99 Å². The molecule has 0 bridgehead atoms. The highest BCUT2D eigenvalue weighted by atomic mass is 16.5. The number of hydrogen-bond donors (Lipinski definition) is 2. The van der Waals surface area contributed by atoms with Gasteiger partial charge in [-0.3, -0.25) is 4.68 Å². The van der Waals surface area contributed by atoms with Gasteiger partial charge in [0.25, 0.3) is 0 Å². The molecule has 0 amide bonds. The van der Waals surface area contributed by atoms with E-state index in [1.54, 1.807) is 7.11 Å². The van der Waals surface area contributed by atoms with Crippen LogP contribution in [0.2, 0.25) is 0 Å². The highest BCUT2D eigenvalue weighted by Crippen LogP contribution is 2.07. The van der Waals surface area contributed by atoms with Gasteiger partial charge < -0.3 is 15.4 Å². The molecule has 0 aliphatic heterocycles. The molecule has 0 atom stereocenters. The van der Waals surface area contributed by atoms with E-state index in [0.29, 0.717) is 12.4 Å². The molecule has 0 radical (unpaired) electrons. The third-order valence-electron chi connectivity index (χ3n) is 3.68. The maximum absolute atomic E-state index is 5.14. The van der Waals surface area contributed by atoms with Gasteiger partial charge in [0, 0.05) is 31.4 Å². The Labute approximate surface area is 149 Å². The third-order valence-corrected chi connectivity index (χ3v) is 3.68. The zero-order valence-corrected chi connectivity index (χ0v) is 15.5. The van der Waals surface area contributed by atoms with E-state index in [9.17, 15) is 0 Å². The predicted octanol–water partition coefficient (Wildman–Crippen LogP) is 2.05. The standard InChI is InChI=1S/C18H28N6O/c1-5-19-18(21-13-16-8-6-9-17(22-16)25-4)20-10-7-11-24-15(3)12-14(2)23-24/h6,8-9,12H,5,7,10-11,13H2,1-4H3,(H2,19,20,21). The number of rotatable bonds is 8. The highest BCUT2D eigenvalue weighted by Gasteiger charge is 2.02. The molecule has 25 heavy (non-hydrogen) atoms. The van der Waals surface area contributed by atoms with E-state index in [4.69, 9.17) is 4.74 Å². The maximum atomic E-state index is 5.14. The number of ether oxygens (including phenoxy) is 1. The van der Waals surface area contributed by atoms with Crippen LogP contribution in [0.15, 0.2) is 29.3 Å². The number of aliphatic imine (C=N–C) groups is 1. The van der Waals surface area contributed by atoms with Crippen LogP contribution in [0.25, 0.3) is 0 Å². The first kappa shape index (κ1) is 18.8. The van der Waals surface area contributed by atoms with E-state index in [2.05, 4.69) is 45.6 Å². The molecule has 7 heteroatoms. The molecule has 0 saturated heterocycles. The second kappa shape index (κ2) is 9.66. The fourth-order valence-corrected chi connectivity index (χ4v) is 2.50. The molecule has 2 aromatic rings. The molecule has 0 aromatic carbocycles. The van der Waals surface area contributed by atoms with Crippen molar-refractivity contribution in [1.82, 2.24) is 25.4 Å². The van der Waals surface area contributed by atoms with E-state index in [-0.39, 0.29) is 0 Å². The van der Waals surface area contributed by atoms with E-state index < -0.39 is 0 Å². The third kappa shape index (κ3) is 6.10.